The molecule has 1 aliphatic heterocycles. The molecule has 0 amide bonds. The molecule has 26 heavy (non-hydrogen) atoms. The van der Waals surface area contributed by atoms with E-state index in [1.165, 1.54) is 6.92 Å². The van der Waals surface area contributed by atoms with Gasteiger partial charge >= 0.3 is 0 Å². The molecule has 132 valence electrons. The van der Waals surface area contributed by atoms with E-state index < -0.39 is 5.92 Å². The van der Waals surface area contributed by atoms with E-state index in [2.05, 4.69) is 11.1 Å². The summed E-state index contributed by atoms with van der Waals surface area (Å²) < 4.78 is 5.42. The zero-order chi connectivity index (χ0) is 19.2. The molecule has 5 nitrogen and oxygen atoms in total. The van der Waals surface area contributed by atoms with Gasteiger partial charge in [0.2, 0.25) is 5.88 Å². The highest BCUT2D eigenvalue weighted by atomic mass is 35.5. The molecule has 0 fully saturated rings. The lowest BCUT2D eigenvalue weighted by Gasteiger charge is -2.27. The fourth-order valence-corrected chi connectivity index (χ4v) is 3.62. The van der Waals surface area contributed by atoms with Crippen LogP contribution < -0.4 is 5.73 Å². The van der Waals surface area contributed by atoms with Crippen LogP contribution in [0.5, 0.6) is 0 Å². The highest BCUT2D eigenvalue weighted by Gasteiger charge is 2.35. The Morgan fingerprint density at radius 1 is 1.31 bits per heavy atom. The number of benzene rings is 1. The van der Waals surface area contributed by atoms with Gasteiger partial charge < -0.3 is 10.5 Å². The Morgan fingerprint density at radius 2 is 1.96 bits per heavy atom. The van der Waals surface area contributed by atoms with Crippen molar-refractivity contribution >= 4 is 28.3 Å². The molecule has 0 radical (unpaired) electrons. The molecule has 0 saturated heterocycles. The Balaban J connectivity index is 2.37. The van der Waals surface area contributed by atoms with Crippen LogP contribution in [0.15, 0.2) is 41.0 Å². The van der Waals surface area contributed by atoms with E-state index in [0.29, 0.717) is 16.9 Å². The first-order chi connectivity index (χ1) is 12.3. The van der Waals surface area contributed by atoms with E-state index in [9.17, 15) is 10.1 Å². The van der Waals surface area contributed by atoms with Gasteiger partial charge in [0, 0.05) is 16.5 Å². The quantitative estimate of drug-likeness (QED) is 0.804. The SMILES string of the molecule is CC(=O)C1=C(C)OC(N)=C(C#N)[C@@H]1c1cc2c(C)ccc(C)c2nc1Cl. The van der Waals surface area contributed by atoms with Gasteiger partial charge in [-0.3, -0.25) is 4.79 Å². The summed E-state index contributed by atoms with van der Waals surface area (Å²) in [4.78, 5) is 16.8. The number of nitrogens with zero attached hydrogens (tertiary/aromatic N) is 2. The van der Waals surface area contributed by atoms with Crippen molar-refractivity contribution in [1.29, 1.82) is 5.26 Å². The minimum atomic E-state index is -0.699. The van der Waals surface area contributed by atoms with Crippen LogP contribution in [-0.4, -0.2) is 10.8 Å². The van der Waals surface area contributed by atoms with Crippen LogP contribution in [0, 0.1) is 25.2 Å². The van der Waals surface area contributed by atoms with Gasteiger partial charge in [-0.2, -0.15) is 5.26 Å². The van der Waals surface area contributed by atoms with Crippen LogP contribution in [0.1, 0.15) is 36.5 Å². The largest absolute Gasteiger partial charge is 0.445 e. The third-order valence-corrected chi connectivity index (χ3v) is 4.98. The van der Waals surface area contributed by atoms with Gasteiger partial charge in [0.1, 0.15) is 22.6 Å². The van der Waals surface area contributed by atoms with Crippen molar-refractivity contribution in [3.8, 4) is 6.07 Å². The number of fused-ring (bicyclic) bond motifs is 1. The Hall–Kier alpha value is -2.84. The van der Waals surface area contributed by atoms with Crippen molar-refractivity contribution in [2.45, 2.75) is 33.6 Å². The lowest BCUT2D eigenvalue weighted by molar-refractivity contribution is -0.114. The molecule has 0 bridgehead atoms. The molecule has 3 rings (SSSR count). The molecule has 2 heterocycles. The monoisotopic (exact) mass is 367 g/mol. The highest BCUT2D eigenvalue weighted by molar-refractivity contribution is 6.31. The molecule has 1 atom stereocenters. The number of aryl methyl sites for hydroxylation is 2. The smallest absolute Gasteiger partial charge is 0.205 e. The molecular weight excluding hydrogens is 350 g/mol. The predicted molar refractivity (Wildman–Crippen MR) is 100 cm³/mol. The second-order valence-corrected chi connectivity index (χ2v) is 6.77. The first kappa shape index (κ1) is 18.0. The van der Waals surface area contributed by atoms with Gasteiger partial charge in [-0.1, -0.05) is 23.7 Å². The van der Waals surface area contributed by atoms with Crippen molar-refractivity contribution in [1.82, 2.24) is 4.98 Å². The van der Waals surface area contributed by atoms with E-state index in [-0.39, 0.29) is 22.4 Å². The Bertz CT molecular complexity index is 1060. The molecule has 0 aliphatic carbocycles. The second kappa shape index (κ2) is 6.47. The summed E-state index contributed by atoms with van der Waals surface area (Å²) in [5.41, 5.74) is 9.84. The van der Waals surface area contributed by atoms with Crippen LogP contribution >= 0.6 is 11.6 Å². The average Bonchev–Trinajstić information content (AvgIpc) is 2.57. The van der Waals surface area contributed by atoms with Crippen LogP contribution in [0.4, 0.5) is 0 Å². The van der Waals surface area contributed by atoms with Crippen molar-refractivity contribution < 1.29 is 9.53 Å². The van der Waals surface area contributed by atoms with E-state index in [1.54, 1.807) is 6.92 Å². The van der Waals surface area contributed by atoms with Crippen LogP contribution in [0.25, 0.3) is 10.9 Å². The number of carbonyl (C=O) groups excluding carboxylic acids is 1. The Morgan fingerprint density at radius 3 is 2.58 bits per heavy atom. The van der Waals surface area contributed by atoms with Crippen molar-refractivity contribution in [3.05, 3.63) is 62.8 Å². The predicted octanol–water partition coefficient (Wildman–Crippen LogP) is 4.18. The van der Waals surface area contributed by atoms with Gasteiger partial charge in [0.15, 0.2) is 5.78 Å². The zero-order valence-electron chi connectivity index (χ0n) is 15.0. The number of hydrogen-bond acceptors (Lipinski definition) is 5. The Kier molecular flexibility index (Phi) is 4.47. The average molecular weight is 368 g/mol. The summed E-state index contributed by atoms with van der Waals surface area (Å²) in [6.07, 6.45) is 0. The van der Waals surface area contributed by atoms with E-state index in [1.807, 2.05) is 32.0 Å². The molecule has 0 saturated carbocycles. The van der Waals surface area contributed by atoms with Crippen molar-refractivity contribution in [2.24, 2.45) is 5.73 Å². The van der Waals surface area contributed by atoms with Crippen molar-refractivity contribution in [2.75, 3.05) is 0 Å². The van der Waals surface area contributed by atoms with Gasteiger partial charge in [-0.05, 0) is 44.9 Å². The standard InChI is InChI=1S/C20H18ClN3O2/c1-9-5-6-10(2)18-13(9)7-14(19(21)24-18)17-15(8-22)20(23)26-12(4)16(17)11(3)25/h5-7,17H,23H2,1-4H3/t17-/m0/s1. The number of Topliss-reactive ketones (excluding diaryl/α,β-unsaturated/α-hetero) is 1. The maximum Gasteiger partial charge on any atom is 0.205 e. The maximum atomic E-state index is 12.3. The minimum Gasteiger partial charge on any atom is -0.445 e. The summed E-state index contributed by atoms with van der Waals surface area (Å²) in [6.45, 7) is 7.03. The summed E-state index contributed by atoms with van der Waals surface area (Å²) >= 11 is 6.49. The highest BCUT2D eigenvalue weighted by Crippen LogP contribution is 2.42. The number of aromatic nitrogens is 1. The molecule has 0 unspecified atom stereocenters. The second-order valence-electron chi connectivity index (χ2n) is 6.41. The summed E-state index contributed by atoms with van der Waals surface area (Å²) in [7, 11) is 0. The third-order valence-electron chi connectivity index (χ3n) is 4.68. The van der Waals surface area contributed by atoms with Gasteiger partial charge in [-0.15, -0.1) is 0 Å². The van der Waals surface area contributed by atoms with Crippen molar-refractivity contribution in [3.63, 3.8) is 0 Å². The molecule has 1 aromatic carbocycles. The first-order valence-electron chi connectivity index (χ1n) is 8.11. The molecule has 1 aliphatic rings. The summed E-state index contributed by atoms with van der Waals surface area (Å²) in [6, 6.07) is 7.95. The summed E-state index contributed by atoms with van der Waals surface area (Å²) in [5, 5.41) is 10.8. The maximum absolute atomic E-state index is 12.3. The minimum absolute atomic E-state index is 0.0165. The Labute approximate surface area is 156 Å². The number of halogens is 1. The number of allylic oxidation sites excluding steroid dienone is 3. The van der Waals surface area contributed by atoms with Gasteiger partial charge in [0.05, 0.1) is 11.4 Å². The summed E-state index contributed by atoms with van der Waals surface area (Å²) in [5.74, 6) is -0.548. The fourth-order valence-electron chi connectivity index (χ4n) is 3.38. The third kappa shape index (κ3) is 2.73. The molecule has 1 aromatic heterocycles. The zero-order valence-corrected chi connectivity index (χ0v) is 15.7. The van der Waals surface area contributed by atoms with E-state index in [0.717, 1.165) is 22.0 Å². The molecular formula is C20H18ClN3O2. The molecule has 0 spiro atoms. The van der Waals surface area contributed by atoms with Crippen LogP contribution in [0.2, 0.25) is 5.15 Å². The van der Waals surface area contributed by atoms with Crippen LogP contribution in [0.3, 0.4) is 0 Å². The number of carbonyl (C=O) groups is 1. The van der Waals surface area contributed by atoms with Crippen LogP contribution in [-0.2, 0) is 9.53 Å². The number of ether oxygens (including phenoxy) is 1. The topological polar surface area (TPSA) is 89.0 Å². The normalized spacial score (nSPS) is 17.3. The van der Waals surface area contributed by atoms with E-state index >= 15 is 0 Å². The number of hydrogen-bond donors (Lipinski definition) is 1. The molecule has 2 aromatic rings. The number of nitriles is 1. The number of pyridine rings is 1. The lowest BCUT2D eigenvalue weighted by Crippen LogP contribution is -2.23. The van der Waals surface area contributed by atoms with Gasteiger partial charge in [0.25, 0.3) is 0 Å². The molecule has 6 heteroatoms. The number of rotatable bonds is 2. The number of ketones is 1. The van der Waals surface area contributed by atoms with E-state index in [4.69, 9.17) is 22.1 Å². The first-order valence-corrected chi connectivity index (χ1v) is 8.49. The number of nitrogens with two attached hydrogens (primary N) is 1. The lowest BCUT2D eigenvalue weighted by atomic mass is 9.81. The van der Waals surface area contributed by atoms with Gasteiger partial charge in [-0.25, -0.2) is 4.98 Å². The fraction of sp³-hybridized carbons (Fsp3) is 0.250. The molecule has 2 N–H and O–H groups in total.